The minimum atomic E-state index is 0.677. The van der Waals surface area contributed by atoms with Crippen molar-refractivity contribution in [2.45, 2.75) is 6.42 Å². The van der Waals surface area contributed by atoms with Gasteiger partial charge in [0, 0.05) is 16.6 Å². The summed E-state index contributed by atoms with van der Waals surface area (Å²) in [5.74, 6) is 0.780. The fraction of sp³-hybridized carbons (Fsp3) is 0.231. The number of rotatable bonds is 5. The van der Waals surface area contributed by atoms with Gasteiger partial charge in [-0.05, 0) is 37.2 Å². The summed E-state index contributed by atoms with van der Waals surface area (Å²) in [5.41, 5.74) is 7.33. The zero-order chi connectivity index (χ0) is 12.8. The Kier molecular flexibility index (Phi) is 4.66. The number of halogens is 1. The molecule has 0 saturated heterocycles. The number of hydrogen-bond donors (Lipinski definition) is 2. The number of aromatic nitrogens is 2. The van der Waals surface area contributed by atoms with Crippen LogP contribution in [-0.2, 0) is 0 Å². The monoisotopic (exact) mass is 306 g/mol. The van der Waals surface area contributed by atoms with Gasteiger partial charge in [0.15, 0.2) is 0 Å². The molecule has 0 amide bonds. The van der Waals surface area contributed by atoms with Crippen LogP contribution < -0.4 is 11.1 Å². The van der Waals surface area contributed by atoms with Crippen molar-refractivity contribution >= 4 is 21.7 Å². The van der Waals surface area contributed by atoms with Crippen molar-refractivity contribution in [3.63, 3.8) is 0 Å². The molecule has 0 saturated carbocycles. The highest BCUT2D eigenvalue weighted by Crippen LogP contribution is 2.21. The molecule has 0 bridgehead atoms. The van der Waals surface area contributed by atoms with Crippen molar-refractivity contribution < 1.29 is 0 Å². The summed E-state index contributed by atoms with van der Waals surface area (Å²) in [6.45, 7) is 1.50. The Morgan fingerprint density at radius 3 is 2.72 bits per heavy atom. The van der Waals surface area contributed by atoms with Crippen molar-refractivity contribution in [3.8, 4) is 11.3 Å². The van der Waals surface area contributed by atoms with E-state index in [9.17, 15) is 0 Å². The molecule has 1 aromatic heterocycles. The van der Waals surface area contributed by atoms with Crippen LogP contribution in [0.1, 0.15) is 6.42 Å². The van der Waals surface area contributed by atoms with Gasteiger partial charge in [0.2, 0.25) is 0 Å². The van der Waals surface area contributed by atoms with Gasteiger partial charge in [-0.1, -0.05) is 28.1 Å². The van der Waals surface area contributed by atoms with Crippen molar-refractivity contribution in [2.24, 2.45) is 5.73 Å². The fourth-order valence-electron chi connectivity index (χ4n) is 1.55. The van der Waals surface area contributed by atoms with Gasteiger partial charge in [-0.15, -0.1) is 10.2 Å². The maximum absolute atomic E-state index is 5.43. The first-order valence-electron chi connectivity index (χ1n) is 5.83. The molecule has 4 nitrogen and oxygen atoms in total. The average molecular weight is 307 g/mol. The third-order valence-corrected chi connectivity index (χ3v) is 2.97. The second-order valence-electron chi connectivity index (χ2n) is 3.88. The Labute approximate surface area is 115 Å². The minimum Gasteiger partial charge on any atom is -0.369 e. The number of nitrogens with one attached hydrogen (secondary N) is 1. The molecule has 1 heterocycles. The number of nitrogens with zero attached hydrogens (tertiary/aromatic N) is 2. The van der Waals surface area contributed by atoms with Crippen LogP contribution in [0.15, 0.2) is 40.9 Å². The standard InChI is InChI=1S/C13H15BrN4/c14-11-4-1-3-10(9-11)12-5-6-13(18-17-12)16-8-2-7-15/h1,3-6,9H,2,7-8,15H2,(H,16,18). The highest BCUT2D eigenvalue weighted by Gasteiger charge is 2.01. The van der Waals surface area contributed by atoms with Gasteiger partial charge in [-0.3, -0.25) is 0 Å². The highest BCUT2D eigenvalue weighted by atomic mass is 79.9. The van der Waals surface area contributed by atoms with Crippen molar-refractivity contribution in [1.82, 2.24) is 10.2 Å². The molecule has 5 heteroatoms. The van der Waals surface area contributed by atoms with E-state index in [1.165, 1.54) is 0 Å². The maximum Gasteiger partial charge on any atom is 0.148 e. The molecule has 0 aliphatic heterocycles. The number of nitrogens with two attached hydrogens (primary N) is 1. The second-order valence-corrected chi connectivity index (χ2v) is 4.80. The van der Waals surface area contributed by atoms with E-state index in [0.717, 1.165) is 34.5 Å². The van der Waals surface area contributed by atoms with E-state index in [4.69, 9.17) is 5.73 Å². The quantitative estimate of drug-likeness (QED) is 0.834. The summed E-state index contributed by atoms with van der Waals surface area (Å²) in [7, 11) is 0. The van der Waals surface area contributed by atoms with Gasteiger partial charge in [-0.25, -0.2) is 0 Å². The van der Waals surface area contributed by atoms with E-state index in [0.29, 0.717) is 6.54 Å². The van der Waals surface area contributed by atoms with Gasteiger partial charge >= 0.3 is 0 Å². The number of benzene rings is 1. The molecule has 2 rings (SSSR count). The average Bonchev–Trinajstić information content (AvgIpc) is 2.40. The summed E-state index contributed by atoms with van der Waals surface area (Å²) in [4.78, 5) is 0. The van der Waals surface area contributed by atoms with E-state index in [1.807, 2.05) is 36.4 Å². The Morgan fingerprint density at radius 1 is 1.17 bits per heavy atom. The first-order chi connectivity index (χ1) is 8.79. The third kappa shape index (κ3) is 3.51. The predicted octanol–water partition coefficient (Wildman–Crippen LogP) is 2.67. The molecule has 0 radical (unpaired) electrons. The van der Waals surface area contributed by atoms with Gasteiger partial charge in [0.25, 0.3) is 0 Å². The predicted molar refractivity (Wildman–Crippen MR) is 77.3 cm³/mol. The van der Waals surface area contributed by atoms with Crippen LogP contribution in [0, 0.1) is 0 Å². The summed E-state index contributed by atoms with van der Waals surface area (Å²) < 4.78 is 1.03. The van der Waals surface area contributed by atoms with Crippen LogP contribution in [0.25, 0.3) is 11.3 Å². The lowest BCUT2D eigenvalue weighted by Crippen LogP contribution is -2.09. The first kappa shape index (κ1) is 13.0. The molecule has 0 spiro atoms. The fourth-order valence-corrected chi connectivity index (χ4v) is 1.95. The Bertz CT molecular complexity index is 499. The third-order valence-electron chi connectivity index (χ3n) is 2.47. The van der Waals surface area contributed by atoms with Gasteiger partial charge in [-0.2, -0.15) is 0 Å². The molecule has 3 N–H and O–H groups in total. The molecule has 94 valence electrons. The molecular formula is C13H15BrN4. The van der Waals surface area contributed by atoms with E-state index in [-0.39, 0.29) is 0 Å². The van der Waals surface area contributed by atoms with E-state index in [2.05, 4.69) is 31.4 Å². The van der Waals surface area contributed by atoms with E-state index >= 15 is 0 Å². The Balaban J connectivity index is 2.07. The lowest BCUT2D eigenvalue weighted by atomic mass is 10.1. The van der Waals surface area contributed by atoms with Crippen LogP contribution in [0.3, 0.4) is 0 Å². The largest absolute Gasteiger partial charge is 0.369 e. The smallest absolute Gasteiger partial charge is 0.148 e. The maximum atomic E-state index is 5.43. The molecule has 0 fully saturated rings. The van der Waals surface area contributed by atoms with Gasteiger partial charge < -0.3 is 11.1 Å². The molecule has 0 aliphatic carbocycles. The summed E-state index contributed by atoms with van der Waals surface area (Å²) in [5, 5.41) is 11.5. The number of anilines is 1. The number of hydrogen-bond acceptors (Lipinski definition) is 4. The highest BCUT2D eigenvalue weighted by molar-refractivity contribution is 9.10. The summed E-state index contributed by atoms with van der Waals surface area (Å²) >= 11 is 3.44. The topological polar surface area (TPSA) is 63.8 Å². The van der Waals surface area contributed by atoms with Crippen molar-refractivity contribution in [2.75, 3.05) is 18.4 Å². The van der Waals surface area contributed by atoms with Crippen molar-refractivity contribution in [3.05, 3.63) is 40.9 Å². The normalized spacial score (nSPS) is 10.3. The molecule has 0 unspecified atom stereocenters. The van der Waals surface area contributed by atoms with Crippen LogP contribution in [0.2, 0.25) is 0 Å². The first-order valence-corrected chi connectivity index (χ1v) is 6.62. The molecule has 1 aromatic carbocycles. The van der Waals surface area contributed by atoms with Crippen LogP contribution in [0.4, 0.5) is 5.82 Å². The summed E-state index contributed by atoms with van der Waals surface area (Å²) in [6, 6.07) is 11.9. The lowest BCUT2D eigenvalue weighted by Gasteiger charge is -2.05. The lowest BCUT2D eigenvalue weighted by molar-refractivity contribution is 0.864. The van der Waals surface area contributed by atoms with Crippen LogP contribution in [0.5, 0.6) is 0 Å². The van der Waals surface area contributed by atoms with Gasteiger partial charge in [0.1, 0.15) is 5.82 Å². The van der Waals surface area contributed by atoms with E-state index in [1.54, 1.807) is 0 Å². The molecule has 2 aromatic rings. The van der Waals surface area contributed by atoms with Crippen molar-refractivity contribution in [1.29, 1.82) is 0 Å². The molecule has 18 heavy (non-hydrogen) atoms. The minimum absolute atomic E-state index is 0.677. The van der Waals surface area contributed by atoms with Crippen LogP contribution >= 0.6 is 15.9 Å². The SMILES string of the molecule is NCCCNc1ccc(-c2cccc(Br)c2)nn1. The summed E-state index contributed by atoms with van der Waals surface area (Å²) in [6.07, 6.45) is 0.926. The molecular weight excluding hydrogens is 292 g/mol. The van der Waals surface area contributed by atoms with E-state index < -0.39 is 0 Å². The van der Waals surface area contributed by atoms with Crippen LogP contribution in [-0.4, -0.2) is 23.3 Å². The zero-order valence-corrected chi connectivity index (χ0v) is 11.5. The molecule has 0 atom stereocenters. The molecule has 0 aliphatic rings. The zero-order valence-electron chi connectivity index (χ0n) is 9.94. The Hall–Kier alpha value is -1.46. The second kappa shape index (κ2) is 6.47. The van der Waals surface area contributed by atoms with Gasteiger partial charge in [0.05, 0.1) is 5.69 Å². The Morgan fingerprint density at radius 2 is 2.06 bits per heavy atom.